The monoisotopic (exact) mass is 478 g/mol. The molecule has 35 heavy (non-hydrogen) atoms. The minimum Gasteiger partial charge on any atom is -0.481 e. The van der Waals surface area contributed by atoms with Crippen LogP contribution in [0.5, 0.6) is 0 Å². The Hall–Kier alpha value is -3.35. The summed E-state index contributed by atoms with van der Waals surface area (Å²) in [4.78, 5) is 36.8. The van der Waals surface area contributed by atoms with Crippen LogP contribution in [0, 0.1) is 5.92 Å². The van der Waals surface area contributed by atoms with Crippen LogP contribution >= 0.6 is 0 Å². The van der Waals surface area contributed by atoms with Crippen molar-refractivity contribution in [1.82, 2.24) is 10.6 Å². The third kappa shape index (κ3) is 5.84. The Labute approximate surface area is 206 Å². The third-order valence-corrected chi connectivity index (χ3v) is 7.18. The number of alkyl carbamates (subject to hydrolysis) is 1. The van der Waals surface area contributed by atoms with E-state index in [1.54, 1.807) is 0 Å². The zero-order chi connectivity index (χ0) is 24.8. The molecular formula is C28H34N2O5. The first-order valence-electron chi connectivity index (χ1n) is 12.6. The number of carbonyl (C=O) groups excluding carboxylic acids is 2. The molecule has 2 aliphatic rings. The average molecular weight is 479 g/mol. The first-order valence-corrected chi connectivity index (χ1v) is 12.6. The van der Waals surface area contributed by atoms with Crippen LogP contribution < -0.4 is 10.6 Å². The zero-order valence-corrected chi connectivity index (χ0v) is 20.2. The van der Waals surface area contributed by atoms with Crippen LogP contribution in [0.15, 0.2) is 48.5 Å². The zero-order valence-electron chi connectivity index (χ0n) is 20.2. The molecule has 0 radical (unpaired) electrons. The fourth-order valence-corrected chi connectivity index (χ4v) is 5.40. The largest absolute Gasteiger partial charge is 0.481 e. The minimum absolute atomic E-state index is 0.0270. The van der Waals surface area contributed by atoms with Gasteiger partial charge in [-0.25, -0.2) is 4.79 Å². The molecule has 0 spiro atoms. The van der Waals surface area contributed by atoms with Gasteiger partial charge < -0.3 is 20.5 Å². The highest BCUT2D eigenvalue weighted by atomic mass is 16.5. The standard InChI is InChI=1S/C28H34N2O5/c1-2-3-9-18(16-26(31)30-25-15-8-14-23(25)27(32)33)29-28(34)35-17-24-21-12-6-4-10-19(21)20-11-5-7-13-22(20)24/h4-7,10-13,18,23-25H,2-3,8-9,14-17H2,1H3,(H,29,34)(H,30,31)(H,32,33)/t18-,23-,25+/m0/s1. The maximum atomic E-state index is 12.7. The molecule has 2 aliphatic carbocycles. The Bertz CT molecular complexity index is 1020. The summed E-state index contributed by atoms with van der Waals surface area (Å²) in [6, 6.07) is 15.6. The Morgan fingerprint density at radius 2 is 1.69 bits per heavy atom. The number of hydrogen-bond acceptors (Lipinski definition) is 4. The van der Waals surface area contributed by atoms with Crippen LogP contribution in [0.4, 0.5) is 4.79 Å². The van der Waals surface area contributed by atoms with Gasteiger partial charge in [-0.3, -0.25) is 9.59 Å². The summed E-state index contributed by atoms with van der Waals surface area (Å²) in [6.45, 7) is 2.27. The normalized spacial score (nSPS) is 19.5. The molecule has 0 aromatic heterocycles. The van der Waals surface area contributed by atoms with Gasteiger partial charge in [0.25, 0.3) is 0 Å². The number of carboxylic acids is 1. The fourth-order valence-electron chi connectivity index (χ4n) is 5.40. The molecule has 2 aromatic carbocycles. The van der Waals surface area contributed by atoms with Crippen molar-refractivity contribution in [2.75, 3.05) is 6.61 Å². The molecule has 3 atom stereocenters. The van der Waals surface area contributed by atoms with Crippen molar-refractivity contribution in [3.05, 3.63) is 59.7 Å². The molecule has 0 bridgehead atoms. The minimum atomic E-state index is -0.868. The van der Waals surface area contributed by atoms with E-state index in [0.29, 0.717) is 19.3 Å². The number of ether oxygens (including phenoxy) is 1. The number of carboxylic acid groups (broad SMARTS) is 1. The SMILES string of the molecule is CCCC[C@@H](CC(=O)N[C@@H]1CCC[C@@H]1C(=O)O)NC(=O)OCC1c2ccccc2-c2ccccc21. The van der Waals surface area contributed by atoms with E-state index in [4.69, 9.17) is 4.74 Å². The first kappa shape index (κ1) is 24.8. The van der Waals surface area contributed by atoms with Gasteiger partial charge in [-0.15, -0.1) is 0 Å². The average Bonchev–Trinajstić information content (AvgIpc) is 3.44. The Balaban J connectivity index is 1.34. The molecule has 3 N–H and O–H groups in total. The van der Waals surface area contributed by atoms with Gasteiger partial charge >= 0.3 is 12.1 Å². The summed E-state index contributed by atoms with van der Waals surface area (Å²) in [5.74, 6) is -1.67. The van der Waals surface area contributed by atoms with Gasteiger partial charge in [0, 0.05) is 24.4 Å². The Kier molecular flexibility index (Phi) is 8.06. The predicted molar refractivity (Wildman–Crippen MR) is 133 cm³/mol. The molecule has 7 nitrogen and oxygen atoms in total. The van der Waals surface area contributed by atoms with E-state index in [9.17, 15) is 19.5 Å². The number of hydrogen-bond donors (Lipinski definition) is 3. The smallest absolute Gasteiger partial charge is 0.407 e. The van der Waals surface area contributed by atoms with E-state index < -0.39 is 18.0 Å². The second-order valence-electron chi connectivity index (χ2n) is 9.56. The lowest BCUT2D eigenvalue weighted by Gasteiger charge is -2.22. The highest BCUT2D eigenvalue weighted by Crippen LogP contribution is 2.44. The van der Waals surface area contributed by atoms with E-state index in [-0.39, 0.29) is 36.9 Å². The van der Waals surface area contributed by atoms with Crippen molar-refractivity contribution in [2.24, 2.45) is 5.92 Å². The topological polar surface area (TPSA) is 105 Å². The fraction of sp³-hybridized carbons (Fsp3) is 0.464. The summed E-state index contributed by atoms with van der Waals surface area (Å²) in [7, 11) is 0. The maximum Gasteiger partial charge on any atom is 0.407 e. The lowest BCUT2D eigenvalue weighted by Crippen LogP contribution is -2.44. The van der Waals surface area contributed by atoms with E-state index >= 15 is 0 Å². The molecular weight excluding hydrogens is 444 g/mol. The van der Waals surface area contributed by atoms with Crippen LogP contribution in [0.25, 0.3) is 11.1 Å². The van der Waals surface area contributed by atoms with Crippen molar-refractivity contribution in [3.8, 4) is 11.1 Å². The molecule has 186 valence electrons. The molecule has 1 fully saturated rings. The van der Waals surface area contributed by atoms with Gasteiger partial charge in [0.1, 0.15) is 6.61 Å². The lowest BCUT2D eigenvalue weighted by molar-refractivity contribution is -0.142. The molecule has 2 aromatic rings. The van der Waals surface area contributed by atoms with Crippen molar-refractivity contribution >= 4 is 18.0 Å². The van der Waals surface area contributed by atoms with Gasteiger partial charge in [-0.05, 0) is 41.5 Å². The molecule has 7 heteroatoms. The number of rotatable bonds is 10. The predicted octanol–water partition coefficient (Wildman–Crippen LogP) is 4.84. The molecule has 2 amide bonds. The highest BCUT2D eigenvalue weighted by Gasteiger charge is 2.34. The number of carbonyl (C=O) groups is 3. The van der Waals surface area contributed by atoms with E-state index in [1.807, 2.05) is 24.3 Å². The Morgan fingerprint density at radius 1 is 1.03 bits per heavy atom. The number of fused-ring (bicyclic) bond motifs is 3. The number of amides is 2. The summed E-state index contributed by atoms with van der Waals surface area (Å²) in [5.41, 5.74) is 4.63. The number of aliphatic carboxylic acids is 1. The second kappa shape index (κ2) is 11.4. The second-order valence-corrected chi connectivity index (χ2v) is 9.56. The molecule has 0 unspecified atom stereocenters. The first-order chi connectivity index (χ1) is 17.0. The van der Waals surface area contributed by atoms with Gasteiger partial charge in [0.2, 0.25) is 5.91 Å². The maximum absolute atomic E-state index is 12.7. The lowest BCUT2D eigenvalue weighted by atomic mass is 9.98. The Morgan fingerprint density at radius 3 is 2.31 bits per heavy atom. The van der Waals surface area contributed by atoms with Gasteiger partial charge in [0.15, 0.2) is 0 Å². The van der Waals surface area contributed by atoms with E-state index in [0.717, 1.165) is 30.4 Å². The van der Waals surface area contributed by atoms with Crippen molar-refractivity contribution in [1.29, 1.82) is 0 Å². The van der Waals surface area contributed by atoms with E-state index in [1.165, 1.54) is 11.1 Å². The molecule has 0 heterocycles. The van der Waals surface area contributed by atoms with Crippen molar-refractivity contribution < 1.29 is 24.2 Å². The van der Waals surface area contributed by atoms with Gasteiger partial charge in [0.05, 0.1) is 5.92 Å². The number of unbranched alkanes of at least 4 members (excludes halogenated alkanes) is 1. The highest BCUT2D eigenvalue weighted by molar-refractivity contribution is 5.80. The number of benzene rings is 2. The summed E-state index contributed by atoms with van der Waals surface area (Å²) < 4.78 is 5.65. The van der Waals surface area contributed by atoms with Gasteiger partial charge in [-0.1, -0.05) is 74.7 Å². The third-order valence-electron chi connectivity index (χ3n) is 7.18. The van der Waals surface area contributed by atoms with Crippen LogP contribution in [0.3, 0.4) is 0 Å². The molecule has 0 saturated heterocycles. The summed E-state index contributed by atoms with van der Waals surface area (Å²) in [6.07, 6.45) is 4.06. The quantitative estimate of drug-likeness (QED) is 0.453. The van der Waals surface area contributed by atoms with Crippen molar-refractivity contribution in [3.63, 3.8) is 0 Å². The summed E-state index contributed by atoms with van der Waals surface area (Å²) in [5, 5.41) is 15.1. The van der Waals surface area contributed by atoms with Crippen LogP contribution in [0.2, 0.25) is 0 Å². The van der Waals surface area contributed by atoms with Crippen LogP contribution in [-0.4, -0.2) is 41.8 Å². The van der Waals surface area contributed by atoms with Crippen molar-refractivity contribution in [2.45, 2.75) is 69.9 Å². The molecule has 4 rings (SSSR count). The van der Waals surface area contributed by atoms with Crippen LogP contribution in [0.1, 0.15) is 68.9 Å². The number of nitrogens with one attached hydrogen (secondary N) is 2. The summed E-state index contributed by atoms with van der Waals surface area (Å²) >= 11 is 0. The van der Waals surface area contributed by atoms with Crippen LogP contribution in [-0.2, 0) is 14.3 Å². The van der Waals surface area contributed by atoms with Gasteiger partial charge in [-0.2, -0.15) is 0 Å². The molecule has 1 saturated carbocycles. The van der Waals surface area contributed by atoms with E-state index in [2.05, 4.69) is 41.8 Å². The molecule has 0 aliphatic heterocycles.